The van der Waals surface area contributed by atoms with Crippen molar-refractivity contribution < 1.29 is 19.1 Å². The van der Waals surface area contributed by atoms with Crippen LogP contribution >= 0.6 is 0 Å². The third-order valence-electron chi connectivity index (χ3n) is 5.57. The minimum Gasteiger partial charge on any atom is -0.493 e. The van der Waals surface area contributed by atoms with E-state index in [1.165, 1.54) is 0 Å². The first kappa shape index (κ1) is 17.6. The lowest BCUT2D eigenvalue weighted by Crippen LogP contribution is -2.59. The van der Waals surface area contributed by atoms with Gasteiger partial charge in [0.05, 0.1) is 19.6 Å². The van der Waals surface area contributed by atoms with Gasteiger partial charge in [-0.15, -0.1) is 0 Å². The van der Waals surface area contributed by atoms with Crippen molar-refractivity contribution in [2.24, 2.45) is 0 Å². The number of piperidine rings is 1. The number of carbonyl (C=O) groups excluding carboxylic acids is 2. The number of rotatable bonds is 5. The van der Waals surface area contributed by atoms with E-state index in [4.69, 9.17) is 9.47 Å². The van der Waals surface area contributed by atoms with Crippen LogP contribution in [0.25, 0.3) is 0 Å². The molecule has 3 rings (SSSR count). The van der Waals surface area contributed by atoms with E-state index in [1.807, 2.05) is 25.1 Å². The molecule has 1 saturated heterocycles. The monoisotopic (exact) mass is 346 g/mol. The lowest BCUT2D eigenvalue weighted by atomic mass is 9.63. The molecule has 0 spiro atoms. The highest BCUT2D eigenvalue weighted by atomic mass is 16.5. The molecule has 1 aromatic rings. The topological polar surface area (TPSA) is 76.7 Å². The second kappa shape index (κ2) is 6.94. The third kappa shape index (κ3) is 3.17. The van der Waals surface area contributed by atoms with Gasteiger partial charge in [-0.25, -0.2) is 0 Å². The van der Waals surface area contributed by atoms with Gasteiger partial charge in [0.1, 0.15) is 0 Å². The van der Waals surface area contributed by atoms with Gasteiger partial charge < -0.3 is 20.1 Å². The van der Waals surface area contributed by atoms with Crippen LogP contribution < -0.4 is 20.1 Å². The van der Waals surface area contributed by atoms with E-state index in [-0.39, 0.29) is 23.9 Å². The van der Waals surface area contributed by atoms with Crippen LogP contribution in [0.1, 0.15) is 44.6 Å². The van der Waals surface area contributed by atoms with Crippen LogP contribution in [0.2, 0.25) is 0 Å². The summed E-state index contributed by atoms with van der Waals surface area (Å²) in [7, 11) is 3.20. The molecule has 0 bridgehead atoms. The third-order valence-corrected chi connectivity index (χ3v) is 5.57. The zero-order valence-corrected chi connectivity index (χ0v) is 15.1. The molecule has 2 amide bonds. The van der Waals surface area contributed by atoms with E-state index in [2.05, 4.69) is 10.6 Å². The van der Waals surface area contributed by atoms with Crippen molar-refractivity contribution in [3.8, 4) is 11.5 Å². The van der Waals surface area contributed by atoms with Gasteiger partial charge in [0, 0.05) is 18.5 Å². The molecule has 1 aromatic carbocycles. The van der Waals surface area contributed by atoms with Gasteiger partial charge >= 0.3 is 0 Å². The molecule has 0 aromatic heterocycles. The average Bonchev–Trinajstić information content (AvgIpc) is 2.56. The van der Waals surface area contributed by atoms with Crippen LogP contribution in [0.15, 0.2) is 18.2 Å². The van der Waals surface area contributed by atoms with Crippen LogP contribution in [-0.4, -0.2) is 38.1 Å². The molecular formula is C19H26N2O4. The fourth-order valence-electron chi connectivity index (χ4n) is 3.78. The lowest BCUT2D eigenvalue weighted by Gasteiger charge is -2.43. The Kier molecular flexibility index (Phi) is 4.88. The molecule has 1 saturated carbocycles. The Morgan fingerprint density at radius 1 is 1.24 bits per heavy atom. The van der Waals surface area contributed by atoms with Crippen LogP contribution in [0, 0.1) is 0 Å². The predicted molar refractivity (Wildman–Crippen MR) is 93.8 cm³/mol. The molecule has 2 unspecified atom stereocenters. The zero-order valence-electron chi connectivity index (χ0n) is 15.1. The van der Waals surface area contributed by atoms with Gasteiger partial charge in [0.15, 0.2) is 11.5 Å². The van der Waals surface area contributed by atoms with Crippen molar-refractivity contribution in [3.05, 3.63) is 23.8 Å². The quantitative estimate of drug-likeness (QED) is 0.854. The number of methoxy groups -OCH3 is 2. The number of hydrogen-bond donors (Lipinski definition) is 2. The second-order valence-corrected chi connectivity index (χ2v) is 6.98. The maximum Gasteiger partial charge on any atom is 0.230 e. The van der Waals surface area contributed by atoms with Gasteiger partial charge in [-0.1, -0.05) is 12.5 Å². The molecule has 2 N–H and O–H groups in total. The van der Waals surface area contributed by atoms with Gasteiger partial charge in [0.25, 0.3) is 0 Å². The molecule has 136 valence electrons. The van der Waals surface area contributed by atoms with Crippen molar-refractivity contribution >= 4 is 11.8 Å². The summed E-state index contributed by atoms with van der Waals surface area (Å²) in [5.74, 6) is 1.39. The number of amides is 2. The van der Waals surface area contributed by atoms with Crippen molar-refractivity contribution in [2.75, 3.05) is 14.2 Å². The molecule has 1 aliphatic carbocycles. The first-order valence-corrected chi connectivity index (χ1v) is 8.83. The predicted octanol–water partition coefficient (Wildman–Crippen LogP) is 1.91. The van der Waals surface area contributed by atoms with Crippen molar-refractivity contribution in [2.45, 2.75) is 56.5 Å². The Balaban J connectivity index is 1.80. The number of ether oxygens (including phenoxy) is 2. The summed E-state index contributed by atoms with van der Waals surface area (Å²) in [6, 6.07) is 5.64. The van der Waals surface area contributed by atoms with E-state index < -0.39 is 5.41 Å². The molecule has 0 radical (unpaired) electrons. The Bertz CT molecular complexity index is 669. The fraction of sp³-hybridized carbons (Fsp3) is 0.579. The van der Waals surface area contributed by atoms with Gasteiger partial charge in [-0.2, -0.15) is 0 Å². The summed E-state index contributed by atoms with van der Waals surface area (Å²) in [6.45, 7) is 1.94. The van der Waals surface area contributed by atoms with E-state index in [0.717, 1.165) is 24.8 Å². The molecule has 25 heavy (non-hydrogen) atoms. The zero-order chi connectivity index (χ0) is 18.0. The largest absolute Gasteiger partial charge is 0.493 e. The number of hydrogen-bond acceptors (Lipinski definition) is 4. The lowest BCUT2D eigenvalue weighted by molar-refractivity contribution is -0.132. The molecular weight excluding hydrogens is 320 g/mol. The second-order valence-electron chi connectivity index (χ2n) is 6.98. The molecule has 2 fully saturated rings. The van der Waals surface area contributed by atoms with Crippen LogP contribution in [0.5, 0.6) is 11.5 Å². The van der Waals surface area contributed by atoms with Crippen molar-refractivity contribution in [1.82, 2.24) is 10.6 Å². The highest BCUT2D eigenvalue weighted by Crippen LogP contribution is 2.46. The van der Waals surface area contributed by atoms with E-state index >= 15 is 0 Å². The molecule has 2 atom stereocenters. The summed E-state index contributed by atoms with van der Waals surface area (Å²) in [4.78, 5) is 24.6. The minimum absolute atomic E-state index is 0.0252. The van der Waals surface area contributed by atoms with Gasteiger partial charge in [-0.3, -0.25) is 9.59 Å². The Hall–Kier alpha value is -2.24. The molecule has 6 heteroatoms. The Morgan fingerprint density at radius 2 is 1.96 bits per heavy atom. The smallest absolute Gasteiger partial charge is 0.230 e. The van der Waals surface area contributed by atoms with E-state index in [9.17, 15) is 9.59 Å². The first-order valence-electron chi connectivity index (χ1n) is 8.83. The molecule has 1 heterocycles. The number of carbonyl (C=O) groups is 2. The standard InChI is InChI=1S/C19H26N2O4/c1-12-14(6-8-17(22)20-12)21-18(23)19(9-4-10-19)13-5-7-15(24-2)16(11-13)25-3/h5,7,11-12,14H,4,6,8-10H2,1-3H3,(H,20,22)(H,21,23). The highest BCUT2D eigenvalue weighted by Gasteiger charge is 2.47. The first-order chi connectivity index (χ1) is 12.0. The van der Waals surface area contributed by atoms with Crippen LogP contribution in [0.4, 0.5) is 0 Å². The molecule has 2 aliphatic rings. The number of nitrogens with one attached hydrogen (secondary N) is 2. The maximum absolute atomic E-state index is 13.1. The van der Waals surface area contributed by atoms with Gasteiger partial charge in [0.2, 0.25) is 11.8 Å². The van der Waals surface area contributed by atoms with Crippen LogP contribution in [-0.2, 0) is 15.0 Å². The van der Waals surface area contributed by atoms with E-state index in [1.54, 1.807) is 14.2 Å². The van der Waals surface area contributed by atoms with Crippen molar-refractivity contribution in [3.63, 3.8) is 0 Å². The summed E-state index contributed by atoms with van der Waals surface area (Å²) < 4.78 is 10.7. The molecule has 1 aliphatic heterocycles. The van der Waals surface area contributed by atoms with Crippen LogP contribution in [0.3, 0.4) is 0 Å². The van der Waals surface area contributed by atoms with E-state index in [0.29, 0.717) is 24.3 Å². The number of benzene rings is 1. The summed E-state index contributed by atoms with van der Waals surface area (Å²) in [6.07, 6.45) is 3.81. The molecule has 6 nitrogen and oxygen atoms in total. The minimum atomic E-state index is -0.513. The highest BCUT2D eigenvalue weighted by molar-refractivity contribution is 5.90. The summed E-state index contributed by atoms with van der Waals surface area (Å²) in [5, 5.41) is 6.08. The summed E-state index contributed by atoms with van der Waals surface area (Å²) in [5.41, 5.74) is 0.446. The summed E-state index contributed by atoms with van der Waals surface area (Å²) >= 11 is 0. The Labute approximate surface area is 148 Å². The SMILES string of the molecule is COc1ccc(C2(C(=O)NC3CCC(=O)NC3C)CCC2)cc1OC. The van der Waals surface area contributed by atoms with Crippen molar-refractivity contribution in [1.29, 1.82) is 0 Å². The average molecular weight is 346 g/mol. The maximum atomic E-state index is 13.1. The normalized spacial score (nSPS) is 24.7. The Morgan fingerprint density at radius 3 is 2.52 bits per heavy atom. The fourth-order valence-corrected chi connectivity index (χ4v) is 3.78. The van der Waals surface area contributed by atoms with Gasteiger partial charge in [-0.05, 0) is 43.9 Å².